The average molecular weight is 1530 g/mol. The highest BCUT2D eigenvalue weighted by Crippen LogP contribution is 2.46. The van der Waals surface area contributed by atoms with Crippen LogP contribution in [0.1, 0.15) is 0 Å². The van der Waals surface area contributed by atoms with E-state index in [1.807, 2.05) is 61.4 Å². The zero-order valence-corrected chi connectivity index (χ0v) is 65.6. The second-order valence-corrected chi connectivity index (χ2v) is 30.1. The van der Waals surface area contributed by atoms with E-state index < -0.39 is 0 Å². The summed E-state index contributed by atoms with van der Waals surface area (Å²) in [7, 11) is 0. The molecular formula is C114H76N6. The van der Waals surface area contributed by atoms with Crippen molar-refractivity contribution in [2.75, 3.05) is 0 Å². The number of nitrogens with zero attached hydrogens (tertiary/aromatic N) is 6. The molecule has 0 atom stereocenters. The van der Waals surface area contributed by atoms with Gasteiger partial charge in [-0.1, -0.05) is 340 Å². The van der Waals surface area contributed by atoms with Gasteiger partial charge in [-0.05, 0) is 196 Å². The molecule has 120 heavy (non-hydrogen) atoms. The smallest absolute Gasteiger partial charge is 0.0702 e. The van der Waals surface area contributed by atoms with Gasteiger partial charge in [-0.3, -0.25) is 29.9 Å². The summed E-state index contributed by atoms with van der Waals surface area (Å²) in [5, 5.41) is 0. The summed E-state index contributed by atoms with van der Waals surface area (Å²) in [5.74, 6) is 0. The maximum Gasteiger partial charge on any atom is 0.0702 e. The number of benzene rings is 14. The molecule has 0 amide bonds. The fourth-order valence-corrected chi connectivity index (χ4v) is 16.6. The zero-order chi connectivity index (χ0) is 79.9. The first kappa shape index (κ1) is 72.9. The van der Waals surface area contributed by atoms with Gasteiger partial charge in [0.15, 0.2) is 0 Å². The molecule has 0 aliphatic carbocycles. The molecule has 6 heterocycles. The van der Waals surface area contributed by atoms with E-state index in [-0.39, 0.29) is 0 Å². The topological polar surface area (TPSA) is 77.3 Å². The first-order valence-corrected chi connectivity index (χ1v) is 40.6. The molecule has 14 aromatic carbocycles. The fourth-order valence-electron chi connectivity index (χ4n) is 16.6. The molecule has 0 radical (unpaired) electrons. The van der Waals surface area contributed by atoms with E-state index in [2.05, 4.69) is 400 Å². The van der Waals surface area contributed by atoms with E-state index in [1.165, 1.54) is 0 Å². The summed E-state index contributed by atoms with van der Waals surface area (Å²) in [6.07, 6.45) is 12.0. The molecule has 6 heteroatoms. The van der Waals surface area contributed by atoms with Crippen molar-refractivity contribution < 1.29 is 0 Å². The molecule has 0 saturated heterocycles. The second kappa shape index (κ2) is 33.1. The van der Waals surface area contributed by atoms with Crippen LogP contribution in [0.2, 0.25) is 0 Å². The summed E-state index contributed by atoms with van der Waals surface area (Å²) in [6, 6.07) is 151. The molecule has 0 N–H and O–H groups in total. The molecular weight excluding hydrogens is 1450 g/mol. The van der Waals surface area contributed by atoms with E-state index in [0.717, 1.165) is 212 Å². The van der Waals surface area contributed by atoms with Gasteiger partial charge >= 0.3 is 0 Å². The van der Waals surface area contributed by atoms with Crippen LogP contribution in [0.4, 0.5) is 0 Å². The monoisotopic (exact) mass is 1530 g/mol. The van der Waals surface area contributed by atoms with E-state index in [9.17, 15) is 0 Å². The van der Waals surface area contributed by atoms with Crippen LogP contribution in [0.15, 0.2) is 462 Å². The van der Waals surface area contributed by atoms with Crippen molar-refractivity contribution in [1.82, 2.24) is 29.9 Å². The lowest BCUT2D eigenvalue weighted by Crippen LogP contribution is -1.93. The fraction of sp³-hybridized carbons (Fsp3) is 0. The van der Waals surface area contributed by atoms with Crippen molar-refractivity contribution in [3.05, 3.63) is 462 Å². The minimum atomic E-state index is 0.879. The molecule has 0 unspecified atom stereocenters. The van der Waals surface area contributed by atoms with Crippen LogP contribution in [0.25, 0.3) is 212 Å². The average Bonchev–Trinajstić information content (AvgIpc) is 0.771. The first-order valence-electron chi connectivity index (χ1n) is 40.6. The number of hydrogen-bond acceptors (Lipinski definition) is 6. The molecule has 0 aliphatic rings. The molecule has 0 aliphatic heterocycles. The van der Waals surface area contributed by atoms with Crippen LogP contribution in [0.3, 0.4) is 0 Å². The molecule has 6 nitrogen and oxygen atoms in total. The summed E-state index contributed by atoms with van der Waals surface area (Å²) in [4.78, 5) is 30.5. The Morgan fingerprint density at radius 3 is 0.408 bits per heavy atom. The van der Waals surface area contributed by atoms with E-state index in [4.69, 9.17) is 29.9 Å². The van der Waals surface area contributed by atoms with Gasteiger partial charge in [0.1, 0.15) is 0 Å². The Morgan fingerprint density at radius 2 is 0.233 bits per heavy atom. The summed E-state index contributed by atoms with van der Waals surface area (Å²) in [6.45, 7) is 0. The maximum atomic E-state index is 5.25. The molecule has 562 valence electrons. The van der Waals surface area contributed by atoms with Crippen molar-refractivity contribution in [2.24, 2.45) is 0 Å². The van der Waals surface area contributed by atoms with Crippen molar-refractivity contribution in [3.8, 4) is 212 Å². The van der Waals surface area contributed by atoms with Gasteiger partial charge in [-0.25, -0.2) is 0 Å². The summed E-state index contributed by atoms with van der Waals surface area (Å²) < 4.78 is 0. The molecule has 0 spiro atoms. The van der Waals surface area contributed by atoms with Crippen molar-refractivity contribution in [1.29, 1.82) is 0 Å². The maximum absolute atomic E-state index is 5.25. The lowest BCUT2D eigenvalue weighted by Gasteiger charge is -2.18. The lowest BCUT2D eigenvalue weighted by atomic mass is 9.86. The minimum Gasteiger partial charge on any atom is -0.256 e. The SMILES string of the molecule is c1ccc(-c2ccc(-c3ccccc3-c3cc(-c4ccccc4-c4ccc(-c5ccccc5)nc4)cc(-c4ccccc4-c4ccc(-c5cccc(-c6cccc(-c7ccc(-c8ccccc8-c8cc(-c9ccccc9-c9ccc(-c%10ccccc%10)nc9)cc(-c9ccccc9-c9ccc(-c%10ccccc%10)nc9)c8)cn7)c6)c5)nc4)c3)cn2)cc1. The van der Waals surface area contributed by atoms with Crippen molar-refractivity contribution in [3.63, 3.8) is 0 Å². The van der Waals surface area contributed by atoms with Gasteiger partial charge in [0.05, 0.1) is 34.2 Å². The van der Waals surface area contributed by atoms with Crippen LogP contribution in [0.5, 0.6) is 0 Å². The van der Waals surface area contributed by atoms with Crippen molar-refractivity contribution >= 4 is 0 Å². The quantitative estimate of drug-likeness (QED) is 0.0803. The molecule has 0 bridgehead atoms. The highest BCUT2D eigenvalue weighted by Gasteiger charge is 2.22. The van der Waals surface area contributed by atoms with Gasteiger partial charge in [0.25, 0.3) is 0 Å². The summed E-state index contributed by atoms with van der Waals surface area (Å²) >= 11 is 0. The van der Waals surface area contributed by atoms with Crippen LogP contribution in [-0.4, -0.2) is 29.9 Å². The first-order chi connectivity index (χ1) is 59.5. The Hall–Kier alpha value is -16.0. The van der Waals surface area contributed by atoms with Gasteiger partial charge in [-0.15, -0.1) is 0 Å². The minimum absolute atomic E-state index is 0.879. The molecule has 20 aromatic rings. The molecule has 0 fully saturated rings. The Balaban J connectivity index is 0.602. The van der Waals surface area contributed by atoms with Gasteiger partial charge < -0.3 is 0 Å². The van der Waals surface area contributed by atoms with E-state index >= 15 is 0 Å². The Bertz CT molecular complexity index is 6340. The third-order valence-electron chi connectivity index (χ3n) is 22.7. The predicted molar refractivity (Wildman–Crippen MR) is 496 cm³/mol. The lowest BCUT2D eigenvalue weighted by molar-refractivity contribution is 1.32. The van der Waals surface area contributed by atoms with Crippen LogP contribution in [0, 0.1) is 0 Å². The van der Waals surface area contributed by atoms with Gasteiger partial charge in [-0.2, -0.15) is 0 Å². The highest BCUT2D eigenvalue weighted by molar-refractivity contribution is 5.97. The Kier molecular flexibility index (Phi) is 20.1. The Labute approximate surface area is 699 Å². The van der Waals surface area contributed by atoms with Crippen LogP contribution in [-0.2, 0) is 0 Å². The molecule has 6 aromatic heterocycles. The van der Waals surface area contributed by atoms with Crippen LogP contribution >= 0.6 is 0 Å². The van der Waals surface area contributed by atoms with Gasteiger partial charge in [0.2, 0.25) is 0 Å². The molecule has 20 rings (SSSR count). The number of pyridine rings is 6. The number of hydrogen-bond donors (Lipinski definition) is 0. The Morgan fingerprint density at radius 1 is 0.0917 bits per heavy atom. The summed E-state index contributed by atoms with van der Waals surface area (Å²) in [5.41, 5.74) is 39.9. The third kappa shape index (κ3) is 15.2. The standard InChI is InChI=1S/C114H76N6/c1-5-27-77(28-6-1)109-57-51-85(71-115-109)97-39-13-19-45-103(97)91-65-92(104-46-20-14-40-98(104)86-52-58-110(116-72-86)78-29-7-2-8-30-78)68-95(67-91)107-49-23-17-43-101(107)89-55-61-113(119-75-89)83-37-25-35-81(63-83)82-36-26-38-84(64-82)114-62-56-90(76-120-114)102-44-18-24-50-108(102)96-69-93(105-47-21-15-41-99(105)87-53-59-111(117-73-87)79-31-9-3-10-32-79)66-94(70-96)106-48-22-16-42-100(106)88-54-60-112(118-74-88)80-33-11-4-12-34-80/h1-76H. The molecule has 0 saturated carbocycles. The normalized spacial score (nSPS) is 11.2. The zero-order valence-electron chi connectivity index (χ0n) is 65.6. The largest absolute Gasteiger partial charge is 0.256 e. The highest BCUT2D eigenvalue weighted by atomic mass is 14.7. The van der Waals surface area contributed by atoms with Gasteiger partial charge in [0, 0.05) is 104 Å². The number of aromatic nitrogens is 6. The second-order valence-electron chi connectivity index (χ2n) is 30.1. The van der Waals surface area contributed by atoms with E-state index in [1.54, 1.807) is 0 Å². The van der Waals surface area contributed by atoms with Crippen molar-refractivity contribution in [2.45, 2.75) is 0 Å². The van der Waals surface area contributed by atoms with E-state index in [0.29, 0.717) is 0 Å². The predicted octanol–water partition coefficient (Wildman–Crippen LogP) is 29.7. The van der Waals surface area contributed by atoms with Crippen LogP contribution < -0.4 is 0 Å². The third-order valence-corrected chi connectivity index (χ3v) is 22.7. The number of rotatable bonds is 19.